The second-order valence-corrected chi connectivity index (χ2v) is 3.26. The van der Waals surface area contributed by atoms with Gasteiger partial charge in [-0.2, -0.15) is 0 Å². The maximum atomic E-state index is 2.30. The van der Waals surface area contributed by atoms with Crippen molar-refractivity contribution in [1.82, 2.24) is 0 Å². The smallest absolute Gasteiger partial charge is 0.0294 e. The van der Waals surface area contributed by atoms with Crippen LogP contribution in [0.5, 0.6) is 0 Å². The first-order valence-corrected chi connectivity index (χ1v) is 4.49. The molecule has 0 heteroatoms. The number of hydrogen-bond donors (Lipinski definition) is 0. The lowest BCUT2D eigenvalue weighted by Gasteiger charge is -2.06. The Morgan fingerprint density at radius 2 is 1.85 bits per heavy atom. The second kappa shape index (κ2) is 11.5. The minimum atomic E-state index is 0. The lowest BCUT2D eigenvalue weighted by molar-refractivity contribution is 0.557. The molecule has 0 heterocycles. The molecule has 0 aromatic rings. The predicted octanol–water partition coefficient (Wildman–Crippen LogP) is 5.22. The minimum Gasteiger partial charge on any atom is -0.0877 e. The van der Waals surface area contributed by atoms with Gasteiger partial charge in [0.2, 0.25) is 0 Å². The quantitative estimate of drug-likeness (QED) is 0.526. The summed E-state index contributed by atoms with van der Waals surface area (Å²) in [4.78, 5) is 0. The first-order chi connectivity index (χ1) is 5.20. The Morgan fingerprint density at radius 1 is 1.31 bits per heavy atom. The summed E-state index contributed by atoms with van der Waals surface area (Å²) in [5.74, 6) is 0.830. The van der Waals surface area contributed by atoms with Crippen LogP contribution < -0.4 is 0 Å². The molecule has 0 aliphatic heterocycles. The summed E-state index contributed by atoms with van der Waals surface area (Å²) in [6.07, 6.45) is 8.89. The summed E-state index contributed by atoms with van der Waals surface area (Å²) < 4.78 is 0. The van der Waals surface area contributed by atoms with Crippen LogP contribution in [0.15, 0.2) is 23.8 Å². The molecule has 0 bridgehead atoms. The summed E-state index contributed by atoms with van der Waals surface area (Å²) in [7, 11) is 0. The Morgan fingerprint density at radius 3 is 2.23 bits per heavy atom. The van der Waals surface area contributed by atoms with Crippen molar-refractivity contribution in [3.05, 3.63) is 23.8 Å². The van der Waals surface area contributed by atoms with Gasteiger partial charge in [0.05, 0.1) is 0 Å². The molecule has 0 saturated carbocycles. The van der Waals surface area contributed by atoms with Gasteiger partial charge >= 0.3 is 0 Å². The van der Waals surface area contributed by atoms with Crippen LogP contribution in [0.3, 0.4) is 0 Å². The predicted molar refractivity (Wildman–Crippen MR) is 66.1 cm³/mol. The molecule has 0 aromatic heterocycles. The third-order valence-electron chi connectivity index (χ3n) is 1.94. The maximum Gasteiger partial charge on any atom is -0.0294 e. The van der Waals surface area contributed by atoms with Gasteiger partial charge in [0.15, 0.2) is 0 Å². The van der Waals surface area contributed by atoms with E-state index in [-0.39, 0.29) is 14.9 Å². The van der Waals surface area contributed by atoms with Crippen molar-refractivity contribution >= 4 is 0 Å². The lowest BCUT2D eigenvalue weighted by atomic mass is 10.00. The fraction of sp³-hybridized carbons (Fsp3) is 0.692. The number of hydrogen-bond acceptors (Lipinski definition) is 0. The van der Waals surface area contributed by atoms with Crippen LogP contribution in [0, 0.1) is 5.92 Å². The third-order valence-corrected chi connectivity index (χ3v) is 1.94. The van der Waals surface area contributed by atoms with Crippen molar-refractivity contribution in [2.45, 2.75) is 55.4 Å². The van der Waals surface area contributed by atoms with Gasteiger partial charge in [0, 0.05) is 0 Å². The van der Waals surface area contributed by atoms with Crippen molar-refractivity contribution in [3.63, 3.8) is 0 Å². The Kier molecular flexibility index (Phi) is 16.2. The molecule has 0 aliphatic rings. The minimum absolute atomic E-state index is 0. The highest BCUT2D eigenvalue weighted by Gasteiger charge is 1.97. The zero-order valence-corrected chi connectivity index (χ0v) is 8.22. The van der Waals surface area contributed by atoms with Gasteiger partial charge in [-0.05, 0) is 26.2 Å². The van der Waals surface area contributed by atoms with E-state index >= 15 is 0 Å². The molecule has 1 atom stereocenters. The molecule has 0 radical (unpaired) electrons. The van der Waals surface area contributed by atoms with Crippen LogP contribution in [-0.2, 0) is 0 Å². The van der Waals surface area contributed by atoms with Crippen molar-refractivity contribution in [2.75, 3.05) is 0 Å². The highest BCUT2D eigenvalue weighted by Crippen LogP contribution is 2.13. The van der Waals surface area contributed by atoms with E-state index in [2.05, 4.69) is 39.0 Å². The van der Waals surface area contributed by atoms with Crippen LogP contribution in [0.2, 0.25) is 0 Å². The van der Waals surface area contributed by atoms with E-state index in [0.717, 1.165) is 5.92 Å². The molecule has 0 spiro atoms. The summed E-state index contributed by atoms with van der Waals surface area (Å²) in [6.45, 7) is 8.79. The third kappa shape index (κ3) is 11.5. The molecule has 13 heavy (non-hydrogen) atoms. The molecule has 0 aliphatic carbocycles. The Balaban J connectivity index is -0.000000500. The van der Waals surface area contributed by atoms with Crippen LogP contribution in [0.4, 0.5) is 0 Å². The van der Waals surface area contributed by atoms with Crippen LogP contribution in [-0.4, -0.2) is 0 Å². The van der Waals surface area contributed by atoms with E-state index in [1.807, 2.05) is 6.92 Å². The van der Waals surface area contributed by atoms with Crippen LogP contribution >= 0.6 is 0 Å². The zero-order chi connectivity index (χ0) is 8.69. The molecule has 0 nitrogen and oxygen atoms in total. The maximum absolute atomic E-state index is 2.30. The van der Waals surface area contributed by atoms with Crippen molar-refractivity contribution in [2.24, 2.45) is 5.92 Å². The largest absolute Gasteiger partial charge is 0.0877 e. The monoisotopic (exact) mass is 184 g/mol. The van der Waals surface area contributed by atoms with Gasteiger partial charge in [0.25, 0.3) is 0 Å². The topological polar surface area (TPSA) is 0 Å². The number of allylic oxidation sites excluding steroid dienone is 4. The normalized spacial score (nSPS) is 13.4. The van der Waals surface area contributed by atoms with E-state index < -0.39 is 0 Å². The summed E-state index contributed by atoms with van der Waals surface area (Å²) >= 11 is 0. The number of rotatable bonds is 4. The average Bonchev–Trinajstić information content (AvgIpc) is 2.00. The molecular weight excluding hydrogens is 156 g/mol. The Labute approximate surface area is 85.8 Å². The standard InChI is InChI=1S/C11H20.2CH4/c1-5-7-8-11(4)9-10(3)6-2;;/h5,7-8,10H,6,9H2,1-4H3;2*1H4/b7-5-,11-8+;;. The summed E-state index contributed by atoms with van der Waals surface area (Å²) in [5.41, 5.74) is 1.48. The highest BCUT2D eigenvalue weighted by atomic mass is 14.0. The van der Waals surface area contributed by atoms with E-state index in [1.54, 1.807) is 0 Å². The fourth-order valence-electron chi connectivity index (χ4n) is 1.02. The summed E-state index contributed by atoms with van der Waals surface area (Å²) in [6, 6.07) is 0. The molecular formula is C13H28. The average molecular weight is 184 g/mol. The SMILES string of the molecule is C.C.C/C=C\C=C(/C)CC(C)CC. The zero-order valence-electron chi connectivity index (χ0n) is 8.22. The van der Waals surface area contributed by atoms with E-state index in [4.69, 9.17) is 0 Å². The molecule has 0 saturated heterocycles. The van der Waals surface area contributed by atoms with Gasteiger partial charge in [-0.3, -0.25) is 0 Å². The lowest BCUT2D eigenvalue weighted by Crippen LogP contribution is -1.91. The first-order valence-electron chi connectivity index (χ1n) is 4.49. The van der Waals surface area contributed by atoms with Gasteiger partial charge < -0.3 is 0 Å². The van der Waals surface area contributed by atoms with E-state index in [9.17, 15) is 0 Å². The molecule has 0 fully saturated rings. The molecule has 0 rings (SSSR count). The molecule has 80 valence electrons. The van der Waals surface area contributed by atoms with Crippen molar-refractivity contribution < 1.29 is 0 Å². The van der Waals surface area contributed by atoms with E-state index in [1.165, 1.54) is 18.4 Å². The van der Waals surface area contributed by atoms with Crippen molar-refractivity contribution in [3.8, 4) is 0 Å². The van der Waals surface area contributed by atoms with Gasteiger partial charge in [-0.1, -0.05) is 58.9 Å². The molecule has 0 N–H and O–H groups in total. The Hall–Kier alpha value is -0.520. The van der Waals surface area contributed by atoms with Crippen LogP contribution in [0.25, 0.3) is 0 Å². The molecule has 0 aromatic carbocycles. The van der Waals surface area contributed by atoms with E-state index in [0.29, 0.717) is 0 Å². The van der Waals surface area contributed by atoms with Crippen molar-refractivity contribution in [1.29, 1.82) is 0 Å². The van der Waals surface area contributed by atoms with Gasteiger partial charge in [-0.15, -0.1) is 0 Å². The highest BCUT2D eigenvalue weighted by molar-refractivity contribution is 5.09. The molecule has 0 amide bonds. The summed E-state index contributed by atoms with van der Waals surface area (Å²) in [5, 5.41) is 0. The van der Waals surface area contributed by atoms with Gasteiger partial charge in [0.1, 0.15) is 0 Å². The van der Waals surface area contributed by atoms with Gasteiger partial charge in [-0.25, -0.2) is 0 Å². The second-order valence-electron chi connectivity index (χ2n) is 3.26. The first kappa shape index (κ1) is 18.3. The van der Waals surface area contributed by atoms with Crippen LogP contribution in [0.1, 0.15) is 55.4 Å². The molecule has 1 unspecified atom stereocenters. The fourth-order valence-corrected chi connectivity index (χ4v) is 1.02. The Bertz CT molecular complexity index is 140.